The van der Waals surface area contributed by atoms with E-state index in [9.17, 15) is 9.90 Å². The minimum Gasteiger partial charge on any atom is -0.480 e. The number of carboxylic acid groups (broad SMARTS) is 1. The van der Waals surface area contributed by atoms with E-state index in [0.717, 1.165) is 23.1 Å². The van der Waals surface area contributed by atoms with E-state index < -0.39 is 12.0 Å². The number of carbonyl (C=O) groups is 1. The summed E-state index contributed by atoms with van der Waals surface area (Å²) in [7, 11) is 0. The van der Waals surface area contributed by atoms with Crippen LogP contribution in [0.5, 0.6) is 0 Å². The molecule has 0 aliphatic carbocycles. The highest BCUT2D eigenvalue weighted by Crippen LogP contribution is 2.22. The van der Waals surface area contributed by atoms with Gasteiger partial charge in [0.1, 0.15) is 6.04 Å². The van der Waals surface area contributed by atoms with Crippen molar-refractivity contribution in [2.75, 3.05) is 6.54 Å². The second-order valence-corrected chi connectivity index (χ2v) is 4.71. The van der Waals surface area contributed by atoms with E-state index in [1.807, 2.05) is 61.5 Å². The number of hydrogen-bond acceptors (Lipinski definition) is 2. The highest BCUT2D eigenvalue weighted by Gasteiger charge is 2.18. The first kappa shape index (κ1) is 14.3. The van der Waals surface area contributed by atoms with E-state index in [1.54, 1.807) is 0 Å². The average Bonchev–Trinajstić information content (AvgIpc) is 2.49. The summed E-state index contributed by atoms with van der Waals surface area (Å²) < 4.78 is 0. The zero-order valence-electron chi connectivity index (χ0n) is 11.5. The Morgan fingerprint density at radius 2 is 1.65 bits per heavy atom. The Kier molecular flexibility index (Phi) is 4.91. The zero-order chi connectivity index (χ0) is 14.4. The summed E-state index contributed by atoms with van der Waals surface area (Å²) >= 11 is 0. The van der Waals surface area contributed by atoms with E-state index in [4.69, 9.17) is 0 Å². The van der Waals surface area contributed by atoms with Crippen molar-refractivity contribution in [3.63, 3.8) is 0 Å². The quantitative estimate of drug-likeness (QED) is 0.844. The Hall–Kier alpha value is -2.13. The molecule has 1 unspecified atom stereocenters. The summed E-state index contributed by atoms with van der Waals surface area (Å²) in [4.78, 5) is 11.3. The molecule has 3 heteroatoms. The Morgan fingerprint density at radius 3 is 2.20 bits per heavy atom. The molecule has 104 valence electrons. The van der Waals surface area contributed by atoms with Gasteiger partial charge in [0, 0.05) is 0 Å². The number of rotatable bonds is 6. The molecule has 2 rings (SSSR count). The van der Waals surface area contributed by atoms with Crippen molar-refractivity contribution < 1.29 is 9.90 Å². The highest BCUT2D eigenvalue weighted by atomic mass is 16.4. The molecule has 0 aliphatic heterocycles. The maximum Gasteiger partial charge on any atom is 0.325 e. The van der Waals surface area contributed by atoms with Gasteiger partial charge in [-0.1, -0.05) is 61.5 Å². The molecule has 0 spiro atoms. The minimum atomic E-state index is -0.842. The lowest BCUT2D eigenvalue weighted by Gasteiger charge is -2.14. The fourth-order valence-corrected chi connectivity index (χ4v) is 2.14. The van der Waals surface area contributed by atoms with Crippen LogP contribution in [-0.4, -0.2) is 17.6 Å². The van der Waals surface area contributed by atoms with Gasteiger partial charge < -0.3 is 10.4 Å². The van der Waals surface area contributed by atoms with Gasteiger partial charge in [-0.15, -0.1) is 0 Å². The molecule has 0 radical (unpaired) electrons. The van der Waals surface area contributed by atoms with Crippen LogP contribution in [0, 0.1) is 0 Å². The van der Waals surface area contributed by atoms with Crippen LogP contribution in [0.4, 0.5) is 0 Å². The standard InChI is InChI=1S/C17H19NO2/c1-2-12-18-16(17(19)20)15-10-8-14(9-11-15)13-6-4-3-5-7-13/h3-11,16,18H,2,12H2,1H3,(H,19,20). The van der Waals surface area contributed by atoms with Crippen LogP contribution in [0.15, 0.2) is 54.6 Å². The zero-order valence-corrected chi connectivity index (χ0v) is 11.5. The van der Waals surface area contributed by atoms with E-state index in [1.165, 1.54) is 0 Å². The van der Waals surface area contributed by atoms with Gasteiger partial charge in [0.2, 0.25) is 0 Å². The molecular weight excluding hydrogens is 250 g/mol. The average molecular weight is 269 g/mol. The van der Waals surface area contributed by atoms with Gasteiger partial charge in [-0.25, -0.2) is 0 Å². The maximum absolute atomic E-state index is 11.3. The number of aliphatic carboxylic acids is 1. The molecule has 1 atom stereocenters. The third-order valence-corrected chi connectivity index (χ3v) is 3.20. The van der Waals surface area contributed by atoms with E-state index in [-0.39, 0.29) is 0 Å². The van der Waals surface area contributed by atoms with Crippen molar-refractivity contribution in [3.05, 3.63) is 60.2 Å². The van der Waals surface area contributed by atoms with Gasteiger partial charge in [0.15, 0.2) is 0 Å². The predicted octanol–water partition coefficient (Wildman–Crippen LogP) is 3.48. The molecule has 20 heavy (non-hydrogen) atoms. The van der Waals surface area contributed by atoms with Gasteiger partial charge in [-0.3, -0.25) is 4.79 Å². The van der Waals surface area contributed by atoms with Gasteiger partial charge in [-0.05, 0) is 29.7 Å². The number of hydrogen-bond donors (Lipinski definition) is 2. The Balaban J connectivity index is 2.20. The van der Waals surface area contributed by atoms with Crippen molar-refractivity contribution in [2.24, 2.45) is 0 Å². The molecule has 0 heterocycles. The van der Waals surface area contributed by atoms with Crippen LogP contribution in [0.1, 0.15) is 24.9 Å². The first-order chi connectivity index (χ1) is 9.72. The van der Waals surface area contributed by atoms with E-state index in [2.05, 4.69) is 5.32 Å². The second kappa shape index (κ2) is 6.87. The molecule has 0 aliphatic rings. The van der Waals surface area contributed by atoms with Gasteiger partial charge in [0.25, 0.3) is 0 Å². The molecule has 2 aromatic carbocycles. The van der Waals surface area contributed by atoms with Crippen LogP contribution < -0.4 is 5.32 Å². The summed E-state index contributed by atoms with van der Waals surface area (Å²) in [5.74, 6) is -0.842. The molecule has 0 aromatic heterocycles. The summed E-state index contributed by atoms with van der Waals surface area (Å²) in [5, 5.41) is 12.3. The van der Waals surface area contributed by atoms with Crippen LogP contribution in [-0.2, 0) is 4.79 Å². The topological polar surface area (TPSA) is 49.3 Å². The van der Waals surface area contributed by atoms with E-state index >= 15 is 0 Å². The lowest BCUT2D eigenvalue weighted by molar-refractivity contribution is -0.139. The predicted molar refractivity (Wildman–Crippen MR) is 80.5 cm³/mol. The Labute approximate surface area is 119 Å². The fourth-order valence-electron chi connectivity index (χ4n) is 2.14. The van der Waals surface area contributed by atoms with Gasteiger partial charge >= 0.3 is 5.97 Å². The van der Waals surface area contributed by atoms with Crippen molar-refractivity contribution >= 4 is 5.97 Å². The maximum atomic E-state index is 11.3. The molecule has 2 N–H and O–H groups in total. The van der Waals surface area contributed by atoms with Crippen LogP contribution in [0.25, 0.3) is 11.1 Å². The Bertz CT molecular complexity index is 549. The minimum absolute atomic E-state index is 0.639. The normalized spacial score (nSPS) is 12.1. The van der Waals surface area contributed by atoms with Crippen molar-refractivity contribution in [3.8, 4) is 11.1 Å². The van der Waals surface area contributed by atoms with Crippen molar-refractivity contribution in [1.82, 2.24) is 5.32 Å². The summed E-state index contributed by atoms with van der Waals surface area (Å²) in [6, 6.07) is 17.1. The van der Waals surface area contributed by atoms with Crippen LogP contribution >= 0.6 is 0 Å². The van der Waals surface area contributed by atoms with Crippen molar-refractivity contribution in [2.45, 2.75) is 19.4 Å². The molecule has 0 bridgehead atoms. The fraction of sp³-hybridized carbons (Fsp3) is 0.235. The molecule has 0 saturated heterocycles. The van der Waals surface area contributed by atoms with Crippen LogP contribution in [0.2, 0.25) is 0 Å². The lowest BCUT2D eigenvalue weighted by Crippen LogP contribution is -2.28. The summed E-state index contributed by atoms with van der Waals surface area (Å²) in [5.41, 5.74) is 3.01. The molecule has 3 nitrogen and oxygen atoms in total. The first-order valence-electron chi connectivity index (χ1n) is 6.84. The lowest BCUT2D eigenvalue weighted by atomic mass is 10.0. The van der Waals surface area contributed by atoms with E-state index in [0.29, 0.717) is 6.54 Å². The summed E-state index contributed by atoms with van der Waals surface area (Å²) in [6.45, 7) is 2.71. The molecule has 0 fully saturated rings. The number of nitrogens with one attached hydrogen (secondary N) is 1. The number of benzene rings is 2. The van der Waals surface area contributed by atoms with Crippen molar-refractivity contribution in [1.29, 1.82) is 0 Å². The molecule has 0 saturated carbocycles. The van der Waals surface area contributed by atoms with Gasteiger partial charge in [-0.2, -0.15) is 0 Å². The highest BCUT2D eigenvalue weighted by molar-refractivity contribution is 5.76. The summed E-state index contributed by atoms with van der Waals surface area (Å²) in [6.07, 6.45) is 0.909. The molecule has 0 amide bonds. The Morgan fingerprint density at radius 1 is 1.05 bits per heavy atom. The SMILES string of the molecule is CCCNC(C(=O)O)c1ccc(-c2ccccc2)cc1. The largest absolute Gasteiger partial charge is 0.480 e. The molecular formula is C17H19NO2. The number of carboxylic acids is 1. The third kappa shape index (κ3) is 3.45. The smallest absolute Gasteiger partial charge is 0.325 e. The van der Waals surface area contributed by atoms with Gasteiger partial charge in [0.05, 0.1) is 0 Å². The van der Waals surface area contributed by atoms with Crippen LogP contribution in [0.3, 0.4) is 0 Å². The third-order valence-electron chi connectivity index (χ3n) is 3.20. The second-order valence-electron chi connectivity index (χ2n) is 4.71. The molecule has 2 aromatic rings. The monoisotopic (exact) mass is 269 g/mol. The first-order valence-corrected chi connectivity index (χ1v) is 6.84.